The molecule has 1 aromatic carbocycles. The lowest BCUT2D eigenvalue weighted by Crippen LogP contribution is -2.05. The quantitative estimate of drug-likeness (QED) is 0.437. The number of aryl methyl sites for hydroxylation is 1. The van der Waals surface area contributed by atoms with Crippen LogP contribution in [0.15, 0.2) is 23.2 Å². The van der Waals surface area contributed by atoms with Crippen LogP contribution in [0.4, 0.5) is 5.69 Å². The second-order valence-electron chi connectivity index (χ2n) is 4.13. The van der Waals surface area contributed by atoms with Gasteiger partial charge in [0.1, 0.15) is 6.10 Å². The van der Waals surface area contributed by atoms with Crippen LogP contribution < -0.4 is 5.11 Å². The second kappa shape index (κ2) is 6.05. The molecule has 2 aromatic rings. The summed E-state index contributed by atoms with van der Waals surface area (Å²) in [6.07, 6.45) is 0.110. The molecule has 0 saturated heterocycles. The maximum atomic E-state index is 11.5. The Labute approximate surface area is 118 Å². The number of rotatable bonds is 5. The molecule has 2 rings (SSSR count). The number of aliphatic hydroxyl groups is 1. The molecule has 0 unspecified atom stereocenters. The highest BCUT2D eigenvalue weighted by molar-refractivity contribution is 5.84. The molecule has 1 atom stereocenters. The van der Waals surface area contributed by atoms with Crippen LogP contribution in [0.1, 0.15) is 17.5 Å². The Kier molecular flexibility index (Phi) is 4.18. The topological polar surface area (TPSA) is 142 Å². The zero-order chi connectivity index (χ0) is 15.4. The number of aliphatic imine (C=N–C) groups is 1. The lowest BCUT2D eigenvalue weighted by molar-refractivity contribution is -0.385. The van der Waals surface area contributed by atoms with E-state index in [2.05, 4.69) is 20.4 Å². The molecule has 1 aromatic heterocycles. The smallest absolute Gasteiger partial charge is 0.270 e. The summed E-state index contributed by atoms with van der Waals surface area (Å²) in [4.78, 5) is 15.1. The van der Waals surface area contributed by atoms with Gasteiger partial charge >= 0.3 is 0 Å². The van der Waals surface area contributed by atoms with Gasteiger partial charge in [-0.3, -0.25) is 15.1 Å². The van der Waals surface area contributed by atoms with Gasteiger partial charge in [-0.15, -0.1) is 10.2 Å². The Bertz CT molecular complexity index is 683. The third-order valence-electron chi connectivity index (χ3n) is 2.53. The number of aromatic nitrogens is 4. The fraction of sp³-hybridized carbons (Fsp3) is 0.273. The molecule has 1 heterocycles. The van der Waals surface area contributed by atoms with Crippen LogP contribution in [0.2, 0.25) is 0 Å². The zero-order valence-electron chi connectivity index (χ0n) is 10.9. The number of benzene rings is 1. The molecule has 0 aliphatic heterocycles. The van der Waals surface area contributed by atoms with Crippen LogP contribution in [0.5, 0.6) is 5.75 Å². The van der Waals surface area contributed by atoms with Gasteiger partial charge < -0.3 is 10.2 Å². The first-order valence-corrected chi connectivity index (χ1v) is 5.84. The van der Waals surface area contributed by atoms with E-state index >= 15 is 0 Å². The monoisotopic (exact) mass is 291 g/mol. The normalized spacial score (nSPS) is 12.7. The van der Waals surface area contributed by atoms with Crippen molar-refractivity contribution in [3.05, 3.63) is 39.7 Å². The first kappa shape index (κ1) is 14.5. The van der Waals surface area contributed by atoms with Crippen LogP contribution in [0, 0.1) is 10.1 Å². The third kappa shape index (κ3) is 3.57. The van der Waals surface area contributed by atoms with Gasteiger partial charge in [0.05, 0.1) is 18.5 Å². The van der Waals surface area contributed by atoms with E-state index in [4.69, 9.17) is 0 Å². The summed E-state index contributed by atoms with van der Waals surface area (Å²) < 4.78 is 0. The lowest BCUT2D eigenvalue weighted by Gasteiger charge is -2.08. The molecule has 0 amide bonds. The summed E-state index contributed by atoms with van der Waals surface area (Å²) in [6, 6.07) is 3.34. The predicted octanol–water partition coefficient (Wildman–Crippen LogP) is -0.656. The third-order valence-corrected chi connectivity index (χ3v) is 2.53. The first-order chi connectivity index (χ1) is 9.97. The number of aliphatic hydroxyl groups excluding tert-OH is 1. The number of tetrazole rings is 1. The maximum absolute atomic E-state index is 11.5. The molecule has 0 radical (unpaired) electrons. The van der Waals surface area contributed by atoms with E-state index in [9.17, 15) is 20.3 Å². The van der Waals surface area contributed by atoms with E-state index in [1.165, 1.54) is 11.0 Å². The van der Waals surface area contributed by atoms with Crippen molar-refractivity contribution in [1.82, 2.24) is 20.2 Å². The van der Waals surface area contributed by atoms with Crippen molar-refractivity contribution in [2.24, 2.45) is 12.0 Å². The van der Waals surface area contributed by atoms with E-state index in [1.54, 1.807) is 7.05 Å². The average Bonchev–Trinajstić information content (AvgIpc) is 2.87. The fourth-order valence-electron chi connectivity index (χ4n) is 1.51. The molecule has 110 valence electrons. The summed E-state index contributed by atoms with van der Waals surface area (Å²) in [6.45, 7) is -0.0895. The number of nitrogens with zero attached hydrogens (tertiary/aromatic N) is 6. The highest BCUT2D eigenvalue weighted by atomic mass is 16.6. The number of hydrogen-bond donors (Lipinski definition) is 1. The highest BCUT2D eigenvalue weighted by Crippen LogP contribution is 2.19. The summed E-state index contributed by atoms with van der Waals surface area (Å²) in [5.41, 5.74) is -0.129. The van der Waals surface area contributed by atoms with Crippen molar-refractivity contribution in [3.63, 3.8) is 0 Å². The van der Waals surface area contributed by atoms with E-state index in [1.807, 2.05) is 0 Å². The number of non-ortho nitro benzene ring substituents is 1. The molecule has 0 spiro atoms. The van der Waals surface area contributed by atoms with Gasteiger partial charge in [-0.1, -0.05) is 11.8 Å². The van der Waals surface area contributed by atoms with Gasteiger partial charge in [0.25, 0.3) is 5.69 Å². The van der Waals surface area contributed by atoms with Crippen molar-refractivity contribution in [1.29, 1.82) is 0 Å². The Balaban J connectivity index is 2.07. The number of hydrogen-bond acceptors (Lipinski definition) is 8. The average molecular weight is 291 g/mol. The van der Waals surface area contributed by atoms with Gasteiger partial charge in [-0.2, -0.15) is 4.80 Å². The van der Waals surface area contributed by atoms with E-state index in [0.717, 1.165) is 18.2 Å². The molecule has 10 nitrogen and oxygen atoms in total. The number of nitro benzene ring substituents is 1. The fourth-order valence-corrected chi connectivity index (χ4v) is 1.51. The maximum Gasteiger partial charge on any atom is 0.270 e. The van der Waals surface area contributed by atoms with Crippen molar-refractivity contribution in [3.8, 4) is 5.75 Å². The summed E-state index contributed by atoms with van der Waals surface area (Å²) in [5.74, 6) is -0.285. The summed E-state index contributed by atoms with van der Waals surface area (Å²) in [7, 11) is 1.55. The lowest BCUT2D eigenvalue weighted by atomic mass is 10.2. The minimum absolute atomic E-state index is 0.0727. The van der Waals surface area contributed by atoms with Crippen molar-refractivity contribution in [2.75, 3.05) is 6.54 Å². The van der Waals surface area contributed by atoms with E-state index in [0.29, 0.717) is 0 Å². The van der Waals surface area contributed by atoms with Crippen LogP contribution in [0.3, 0.4) is 0 Å². The standard InChI is InChI=1S/C11H12N6O4/c1-16-14-11(13-15-16)10(19)6-12-5-7-4-8(17(20)21)2-3-9(7)18/h2-5,10,18-19H,6H2,1H3/p-1/t10-/m0/s1. The van der Waals surface area contributed by atoms with Crippen LogP contribution in [-0.4, -0.2) is 43.0 Å². The SMILES string of the molecule is Cn1nnc([C@@H](O)CN=Cc2cc([N+](=O)[O-])ccc2[O-])n1. The Hall–Kier alpha value is -2.88. The Morgan fingerprint density at radius 3 is 2.95 bits per heavy atom. The molecule has 0 aliphatic rings. The van der Waals surface area contributed by atoms with Crippen molar-refractivity contribution >= 4 is 11.9 Å². The van der Waals surface area contributed by atoms with Gasteiger partial charge in [0.2, 0.25) is 5.82 Å². The Morgan fingerprint density at radius 2 is 2.33 bits per heavy atom. The summed E-state index contributed by atoms with van der Waals surface area (Å²) in [5, 5.41) is 42.9. The molecular weight excluding hydrogens is 280 g/mol. The minimum atomic E-state index is -1.07. The number of nitro groups is 1. The molecule has 0 aliphatic carbocycles. The van der Waals surface area contributed by atoms with Crippen molar-refractivity contribution in [2.45, 2.75) is 6.10 Å². The molecule has 0 fully saturated rings. The highest BCUT2D eigenvalue weighted by Gasteiger charge is 2.12. The van der Waals surface area contributed by atoms with Crippen LogP contribution in [-0.2, 0) is 7.05 Å². The van der Waals surface area contributed by atoms with Gasteiger partial charge in [0, 0.05) is 18.3 Å². The summed E-state index contributed by atoms with van der Waals surface area (Å²) >= 11 is 0. The predicted molar refractivity (Wildman–Crippen MR) is 68.8 cm³/mol. The van der Waals surface area contributed by atoms with Crippen LogP contribution in [0.25, 0.3) is 0 Å². The molecule has 1 N–H and O–H groups in total. The van der Waals surface area contributed by atoms with Crippen LogP contribution >= 0.6 is 0 Å². The first-order valence-electron chi connectivity index (χ1n) is 5.84. The molecule has 10 heteroatoms. The zero-order valence-corrected chi connectivity index (χ0v) is 10.9. The van der Waals surface area contributed by atoms with Gasteiger partial charge in [-0.05, 0) is 10.8 Å². The molecule has 0 bridgehead atoms. The van der Waals surface area contributed by atoms with E-state index in [-0.39, 0.29) is 23.6 Å². The van der Waals surface area contributed by atoms with Crippen molar-refractivity contribution < 1.29 is 15.1 Å². The van der Waals surface area contributed by atoms with Gasteiger partial charge in [-0.25, -0.2) is 0 Å². The van der Waals surface area contributed by atoms with Gasteiger partial charge in [0.15, 0.2) is 0 Å². The molecule has 0 saturated carbocycles. The molecular formula is C11H11N6O4-. The Morgan fingerprint density at radius 1 is 1.57 bits per heavy atom. The minimum Gasteiger partial charge on any atom is -0.872 e. The second-order valence-corrected chi connectivity index (χ2v) is 4.13. The largest absolute Gasteiger partial charge is 0.872 e. The molecule has 21 heavy (non-hydrogen) atoms. The van der Waals surface area contributed by atoms with E-state index < -0.39 is 16.8 Å².